The molecule has 0 aromatic rings. The van der Waals surface area contributed by atoms with Crippen molar-refractivity contribution < 1.29 is 9.84 Å². The Morgan fingerprint density at radius 1 is 1.50 bits per heavy atom. The van der Waals surface area contributed by atoms with E-state index in [1.165, 1.54) is 0 Å². The minimum absolute atomic E-state index is 0.201. The molecule has 0 fully saturated rings. The number of hydrogen-bond acceptors (Lipinski definition) is 2. The molecule has 0 aromatic carbocycles. The molecule has 1 N–H and O–H groups in total. The zero-order chi connectivity index (χ0) is 8.20. The maximum Gasteiger partial charge on any atom is 0.0639 e. The lowest BCUT2D eigenvalue weighted by Gasteiger charge is -2.25. The first kappa shape index (κ1) is 9.92. The molecule has 0 unspecified atom stereocenters. The monoisotopic (exact) mass is 146 g/mol. The highest BCUT2D eigenvalue weighted by Crippen LogP contribution is 2.15. The molecular weight excluding hydrogens is 128 g/mol. The molecule has 0 aliphatic rings. The van der Waals surface area contributed by atoms with Crippen molar-refractivity contribution in [2.75, 3.05) is 13.2 Å². The molecule has 0 amide bonds. The van der Waals surface area contributed by atoms with Gasteiger partial charge in [0.05, 0.1) is 12.2 Å². The maximum atomic E-state index is 9.43. The van der Waals surface area contributed by atoms with Crippen LogP contribution in [0.3, 0.4) is 0 Å². The van der Waals surface area contributed by atoms with E-state index in [2.05, 4.69) is 0 Å². The lowest BCUT2D eigenvalue weighted by Crippen LogP contribution is -2.31. The van der Waals surface area contributed by atoms with Gasteiger partial charge in [-0.3, -0.25) is 0 Å². The molecule has 2 nitrogen and oxygen atoms in total. The van der Waals surface area contributed by atoms with Crippen molar-refractivity contribution in [3.63, 3.8) is 0 Å². The average Bonchev–Trinajstić information content (AvgIpc) is 1.80. The van der Waals surface area contributed by atoms with Crippen LogP contribution in [0.25, 0.3) is 0 Å². The molecule has 0 spiro atoms. The SMILES string of the molecule is CCOC[C@H](C)C(C)(C)O. The summed E-state index contributed by atoms with van der Waals surface area (Å²) in [6.45, 7) is 8.90. The fourth-order valence-electron chi connectivity index (χ4n) is 0.499. The lowest BCUT2D eigenvalue weighted by molar-refractivity contribution is -0.0186. The minimum atomic E-state index is -0.616. The van der Waals surface area contributed by atoms with Crippen molar-refractivity contribution in [3.05, 3.63) is 0 Å². The van der Waals surface area contributed by atoms with Crippen LogP contribution in [0, 0.1) is 5.92 Å². The normalized spacial score (nSPS) is 15.3. The summed E-state index contributed by atoms with van der Waals surface area (Å²) < 4.78 is 5.16. The number of hydrogen-bond donors (Lipinski definition) is 1. The van der Waals surface area contributed by atoms with Crippen LogP contribution in [0.15, 0.2) is 0 Å². The quantitative estimate of drug-likeness (QED) is 0.650. The molecule has 62 valence electrons. The Hall–Kier alpha value is -0.0800. The van der Waals surface area contributed by atoms with Crippen molar-refractivity contribution in [2.24, 2.45) is 5.92 Å². The van der Waals surface area contributed by atoms with Crippen LogP contribution in [-0.4, -0.2) is 23.9 Å². The summed E-state index contributed by atoms with van der Waals surface area (Å²) in [5.41, 5.74) is -0.616. The molecule has 0 rings (SSSR count). The summed E-state index contributed by atoms with van der Waals surface area (Å²) in [6.07, 6.45) is 0. The highest BCUT2D eigenvalue weighted by Gasteiger charge is 2.21. The minimum Gasteiger partial charge on any atom is -0.390 e. The summed E-state index contributed by atoms with van der Waals surface area (Å²) in [7, 11) is 0. The lowest BCUT2D eigenvalue weighted by atomic mass is 9.94. The van der Waals surface area contributed by atoms with Crippen molar-refractivity contribution in [1.29, 1.82) is 0 Å². The predicted molar refractivity (Wildman–Crippen MR) is 42.0 cm³/mol. The van der Waals surface area contributed by atoms with Gasteiger partial charge < -0.3 is 9.84 Å². The third-order valence-corrected chi connectivity index (χ3v) is 1.78. The van der Waals surface area contributed by atoms with Crippen molar-refractivity contribution in [2.45, 2.75) is 33.3 Å². The summed E-state index contributed by atoms with van der Waals surface area (Å²) in [4.78, 5) is 0. The van der Waals surface area contributed by atoms with Crippen molar-refractivity contribution in [3.8, 4) is 0 Å². The average molecular weight is 146 g/mol. The van der Waals surface area contributed by atoms with Gasteiger partial charge in [-0.1, -0.05) is 6.92 Å². The van der Waals surface area contributed by atoms with E-state index in [-0.39, 0.29) is 5.92 Å². The van der Waals surface area contributed by atoms with Gasteiger partial charge >= 0.3 is 0 Å². The van der Waals surface area contributed by atoms with Crippen LogP contribution in [-0.2, 0) is 4.74 Å². The summed E-state index contributed by atoms with van der Waals surface area (Å²) in [5.74, 6) is 0.201. The topological polar surface area (TPSA) is 29.5 Å². The molecule has 0 aliphatic carbocycles. The number of ether oxygens (including phenoxy) is 1. The second-order valence-electron chi connectivity index (χ2n) is 3.21. The van der Waals surface area contributed by atoms with E-state index in [4.69, 9.17) is 4.74 Å². The van der Waals surface area contributed by atoms with E-state index in [1.807, 2.05) is 13.8 Å². The molecule has 2 heteroatoms. The molecule has 0 radical (unpaired) electrons. The van der Waals surface area contributed by atoms with Crippen LogP contribution in [0.1, 0.15) is 27.7 Å². The predicted octanol–water partition coefficient (Wildman–Crippen LogP) is 1.43. The van der Waals surface area contributed by atoms with Gasteiger partial charge in [0.25, 0.3) is 0 Å². The molecule has 0 saturated carbocycles. The number of rotatable bonds is 4. The highest BCUT2D eigenvalue weighted by molar-refractivity contribution is 4.72. The standard InChI is InChI=1S/C8H18O2/c1-5-10-6-7(2)8(3,4)9/h7,9H,5-6H2,1-4H3/t7-/m0/s1. The van der Waals surface area contributed by atoms with Crippen LogP contribution in [0.2, 0.25) is 0 Å². The summed E-state index contributed by atoms with van der Waals surface area (Å²) in [5, 5.41) is 9.43. The molecule has 0 aliphatic heterocycles. The third kappa shape index (κ3) is 3.85. The van der Waals surface area contributed by atoms with Gasteiger partial charge in [0.15, 0.2) is 0 Å². The Morgan fingerprint density at radius 2 is 2.00 bits per heavy atom. The molecule has 0 heterocycles. The largest absolute Gasteiger partial charge is 0.390 e. The first-order valence-corrected chi connectivity index (χ1v) is 3.78. The highest BCUT2D eigenvalue weighted by atomic mass is 16.5. The first-order chi connectivity index (χ1) is 4.48. The van der Waals surface area contributed by atoms with Gasteiger partial charge in [-0.25, -0.2) is 0 Å². The summed E-state index contributed by atoms with van der Waals surface area (Å²) >= 11 is 0. The molecule has 0 bridgehead atoms. The van der Waals surface area contributed by atoms with Crippen molar-refractivity contribution >= 4 is 0 Å². The fourth-order valence-corrected chi connectivity index (χ4v) is 0.499. The van der Waals surface area contributed by atoms with E-state index in [1.54, 1.807) is 13.8 Å². The molecule has 10 heavy (non-hydrogen) atoms. The Labute approximate surface area is 63.2 Å². The van der Waals surface area contributed by atoms with Gasteiger partial charge in [0.2, 0.25) is 0 Å². The van der Waals surface area contributed by atoms with Gasteiger partial charge in [0, 0.05) is 12.5 Å². The zero-order valence-electron chi connectivity index (χ0n) is 7.35. The smallest absolute Gasteiger partial charge is 0.0639 e. The van der Waals surface area contributed by atoms with Gasteiger partial charge in [-0.15, -0.1) is 0 Å². The first-order valence-electron chi connectivity index (χ1n) is 3.78. The Morgan fingerprint density at radius 3 is 2.30 bits per heavy atom. The molecule has 1 atom stereocenters. The third-order valence-electron chi connectivity index (χ3n) is 1.78. The zero-order valence-corrected chi connectivity index (χ0v) is 7.35. The van der Waals surface area contributed by atoms with E-state index in [9.17, 15) is 5.11 Å². The second kappa shape index (κ2) is 3.94. The number of aliphatic hydroxyl groups is 1. The van der Waals surface area contributed by atoms with E-state index < -0.39 is 5.60 Å². The van der Waals surface area contributed by atoms with E-state index in [0.717, 1.165) is 6.61 Å². The Balaban J connectivity index is 3.52. The van der Waals surface area contributed by atoms with Gasteiger partial charge in [-0.2, -0.15) is 0 Å². The van der Waals surface area contributed by atoms with E-state index >= 15 is 0 Å². The Kier molecular flexibility index (Phi) is 3.91. The molecular formula is C8H18O2. The van der Waals surface area contributed by atoms with Crippen LogP contribution in [0.5, 0.6) is 0 Å². The Bertz CT molecular complexity index is 83.7. The van der Waals surface area contributed by atoms with Gasteiger partial charge in [-0.05, 0) is 20.8 Å². The van der Waals surface area contributed by atoms with Crippen LogP contribution < -0.4 is 0 Å². The van der Waals surface area contributed by atoms with E-state index in [0.29, 0.717) is 6.61 Å². The molecule has 0 saturated heterocycles. The second-order valence-corrected chi connectivity index (χ2v) is 3.21. The van der Waals surface area contributed by atoms with Gasteiger partial charge in [0.1, 0.15) is 0 Å². The van der Waals surface area contributed by atoms with Crippen molar-refractivity contribution in [1.82, 2.24) is 0 Å². The molecule has 0 aromatic heterocycles. The maximum absolute atomic E-state index is 9.43. The summed E-state index contributed by atoms with van der Waals surface area (Å²) in [6, 6.07) is 0. The van der Waals surface area contributed by atoms with Crippen LogP contribution in [0.4, 0.5) is 0 Å². The van der Waals surface area contributed by atoms with Crippen LogP contribution >= 0.6 is 0 Å². The fraction of sp³-hybridized carbons (Fsp3) is 1.00.